The predicted molar refractivity (Wildman–Crippen MR) is 60.0 cm³/mol. The summed E-state index contributed by atoms with van der Waals surface area (Å²) < 4.78 is 0. The van der Waals surface area contributed by atoms with Crippen LogP contribution in [0.5, 0.6) is 0 Å². The fourth-order valence-electron chi connectivity index (χ4n) is 1.75. The molecule has 1 aromatic carbocycles. The van der Waals surface area contributed by atoms with Crippen LogP contribution in [0.3, 0.4) is 0 Å². The fraction of sp³-hybridized carbons (Fsp3) is 0.0769. The lowest BCUT2D eigenvalue weighted by Crippen LogP contribution is -2.00. The van der Waals surface area contributed by atoms with Gasteiger partial charge in [-0.1, -0.05) is 18.2 Å². The van der Waals surface area contributed by atoms with Crippen molar-refractivity contribution in [1.82, 2.24) is 0 Å². The number of thioether (sulfide) groups is 1. The van der Waals surface area contributed by atoms with Crippen molar-refractivity contribution in [3.8, 4) is 0 Å². The van der Waals surface area contributed by atoms with E-state index in [2.05, 4.69) is 42.5 Å². The lowest BCUT2D eigenvalue weighted by atomic mass is 10.0. The van der Waals surface area contributed by atoms with Crippen LogP contribution in [-0.4, -0.2) is 0 Å². The Labute approximate surface area is 88.0 Å². The molecule has 0 aromatic heterocycles. The molecule has 66 valence electrons. The monoisotopic (exact) mass is 197 g/mol. The molecule has 2 aliphatic rings. The molecule has 1 aliphatic heterocycles. The third-order valence-corrected chi connectivity index (χ3v) is 3.68. The summed E-state index contributed by atoms with van der Waals surface area (Å²) in [7, 11) is 0. The second kappa shape index (κ2) is 3.13. The second-order valence-electron chi connectivity index (χ2n) is 3.40. The predicted octanol–water partition coefficient (Wildman–Crippen LogP) is 3.52. The Bertz CT molecular complexity index is 421. The van der Waals surface area contributed by atoms with Gasteiger partial charge in [-0.05, 0) is 23.4 Å². The second-order valence-corrected chi connectivity index (χ2v) is 4.48. The maximum absolute atomic E-state index is 3.31. The summed E-state index contributed by atoms with van der Waals surface area (Å²) in [5.74, 6) is 0. The van der Waals surface area contributed by atoms with Crippen molar-refractivity contribution < 1.29 is 0 Å². The van der Waals surface area contributed by atoms with E-state index in [9.17, 15) is 0 Å². The first-order valence-corrected chi connectivity index (χ1v) is 5.50. The largest absolute Gasteiger partial charge is 0.135 e. The summed E-state index contributed by atoms with van der Waals surface area (Å²) >= 11 is 1.85. The molecule has 1 heteroatoms. The van der Waals surface area contributed by atoms with Gasteiger partial charge in [0.05, 0.1) is 6.08 Å². The molecule has 0 fully saturated rings. The van der Waals surface area contributed by atoms with E-state index in [4.69, 9.17) is 0 Å². The van der Waals surface area contributed by atoms with Gasteiger partial charge in [0.15, 0.2) is 0 Å². The normalized spacial score (nSPS) is 17.4. The van der Waals surface area contributed by atoms with Gasteiger partial charge < -0.3 is 0 Å². The summed E-state index contributed by atoms with van der Waals surface area (Å²) in [5.41, 5.74) is 2.75. The highest BCUT2D eigenvalue weighted by Crippen LogP contribution is 2.39. The van der Waals surface area contributed by atoms with Crippen LogP contribution in [0, 0.1) is 6.08 Å². The van der Waals surface area contributed by atoms with Gasteiger partial charge in [-0.15, -0.1) is 0 Å². The van der Waals surface area contributed by atoms with Gasteiger partial charge in [0, 0.05) is 23.5 Å². The van der Waals surface area contributed by atoms with E-state index in [-0.39, 0.29) is 0 Å². The van der Waals surface area contributed by atoms with Gasteiger partial charge in [0.1, 0.15) is 16.6 Å². The third-order valence-electron chi connectivity index (χ3n) is 2.46. The Balaban J connectivity index is 2.08. The van der Waals surface area contributed by atoms with E-state index in [1.807, 2.05) is 17.8 Å². The molecular weight excluding hydrogens is 188 g/mol. The van der Waals surface area contributed by atoms with Crippen molar-refractivity contribution in [1.29, 1.82) is 0 Å². The Morgan fingerprint density at radius 1 is 1.21 bits per heavy atom. The summed E-state index contributed by atoms with van der Waals surface area (Å²) in [6.07, 6.45) is 10.6. The smallest absolute Gasteiger partial charge is 0.0619 e. The standard InChI is InChI=1S/C13H9S/c1-3-7-12-10(5-1)9-11-6-2-4-8-13(11)14-12/h1-5,7-8H,9H2/q+1. The molecule has 14 heavy (non-hydrogen) atoms. The van der Waals surface area contributed by atoms with Crippen molar-refractivity contribution in [2.75, 3.05) is 0 Å². The lowest BCUT2D eigenvalue weighted by molar-refractivity contribution is 1.10. The van der Waals surface area contributed by atoms with Crippen LogP contribution in [-0.2, 0) is 6.42 Å². The van der Waals surface area contributed by atoms with E-state index in [0.717, 1.165) is 6.42 Å². The number of benzene rings is 1. The van der Waals surface area contributed by atoms with E-state index in [0.29, 0.717) is 0 Å². The molecule has 0 saturated heterocycles. The highest BCUT2D eigenvalue weighted by Gasteiger charge is 2.23. The molecule has 0 N–H and O–H groups in total. The first kappa shape index (κ1) is 8.05. The van der Waals surface area contributed by atoms with E-state index in [1.54, 1.807) is 0 Å². The molecule has 0 radical (unpaired) electrons. The minimum atomic E-state index is 1.03. The molecule has 0 atom stereocenters. The molecule has 1 aliphatic carbocycles. The molecule has 0 saturated carbocycles. The molecule has 0 spiro atoms. The van der Waals surface area contributed by atoms with Gasteiger partial charge >= 0.3 is 0 Å². The highest BCUT2D eigenvalue weighted by molar-refractivity contribution is 8.03. The minimum Gasteiger partial charge on any atom is -0.0619 e. The van der Waals surface area contributed by atoms with Crippen LogP contribution in [0.25, 0.3) is 0 Å². The molecule has 1 heterocycles. The van der Waals surface area contributed by atoms with Gasteiger partial charge in [-0.3, -0.25) is 0 Å². The van der Waals surface area contributed by atoms with Crippen molar-refractivity contribution in [2.45, 2.75) is 11.3 Å². The third kappa shape index (κ3) is 1.22. The first-order valence-electron chi connectivity index (χ1n) is 4.69. The topological polar surface area (TPSA) is 0 Å². The van der Waals surface area contributed by atoms with Crippen LogP contribution in [0.1, 0.15) is 5.56 Å². The molecule has 0 amide bonds. The SMILES string of the molecule is [C+]1=CC=CC2=C1Cc1ccccc1S2. The number of hydrogen-bond acceptors (Lipinski definition) is 1. The molecule has 0 nitrogen and oxygen atoms in total. The molecule has 1 aromatic rings. The van der Waals surface area contributed by atoms with Crippen LogP contribution in [0.15, 0.2) is 57.9 Å². The summed E-state index contributed by atoms with van der Waals surface area (Å²) in [6, 6.07) is 8.60. The number of fused-ring (bicyclic) bond motifs is 1. The van der Waals surface area contributed by atoms with Crippen molar-refractivity contribution >= 4 is 11.8 Å². The van der Waals surface area contributed by atoms with Crippen LogP contribution < -0.4 is 0 Å². The van der Waals surface area contributed by atoms with E-state index in [1.165, 1.54) is 20.9 Å². The number of allylic oxidation sites excluding steroid dienone is 5. The van der Waals surface area contributed by atoms with Crippen LogP contribution in [0.2, 0.25) is 0 Å². The first-order chi connectivity index (χ1) is 6.93. The zero-order valence-corrected chi connectivity index (χ0v) is 8.47. The Morgan fingerprint density at radius 2 is 2.14 bits per heavy atom. The average molecular weight is 197 g/mol. The Kier molecular flexibility index (Phi) is 1.80. The highest BCUT2D eigenvalue weighted by atomic mass is 32.2. The van der Waals surface area contributed by atoms with Gasteiger partial charge in [-0.25, -0.2) is 0 Å². The zero-order valence-electron chi connectivity index (χ0n) is 7.66. The minimum absolute atomic E-state index is 1.03. The van der Waals surface area contributed by atoms with Gasteiger partial charge in [0.25, 0.3) is 0 Å². The summed E-state index contributed by atoms with van der Waals surface area (Å²) in [4.78, 5) is 2.74. The van der Waals surface area contributed by atoms with Crippen molar-refractivity contribution in [2.24, 2.45) is 0 Å². The molecule has 3 rings (SSSR count). The van der Waals surface area contributed by atoms with E-state index >= 15 is 0 Å². The Hall–Kier alpha value is -1.30. The Morgan fingerprint density at radius 3 is 3.14 bits per heavy atom. The average Bonchev–Trinajstić information content (AvgIpc) is 2.26. The summed E-state index contributed by atoms with van der Waals surface area (Å²) in [5, 5.41) is 0. The fourth-order valence-corrected chi connectivity index (χ4v) is 2.80. The van der Waals surface area contributed by atoms with Crippen molar-refractivity contribution in [3.63, 3.8) is 0 Å². The molecular formula is C13H9S+. The zero-order chi connectivity index (χ0) is 9.38. The molecule has 0 bridgehead atoms. The maximum atomic E-state index is 3.31. The number of rotatable bonds is 0. The molecule has 0 unspecified atom stereocenters. The summed E-state index contributed by atoms with van der Waals surface area (Å²) in [6.45, 7) is 0. The maximum Gasteiger partial charge on any atom is 0.135 e. The number of hydrogen-bond donors (Lipinski definition) is 0. The lowest BCUT2D eigenvalue weighted by Gasteiger charge is -2.13. The van der Waals surface area contributed by atoms with Crippen molar-refractivity contribution in [3.05, 3.63) is 64.6 Å². The quantitative estimate of drug-likeness (QED) is 0.573. The van der Waals surface area contributed by atoms with Crippen LogP contribution in [0.4, 0.5) is 0 Å². The van der Waals surface area contributed by atoms with Gasteiger partial charge in [-0.2, -0.15) is 0 Å². The van der Waals surface area contributed by atoms with E-state index < -0.39 is 0 Å². The van der Waals surface area contributed by atoms with Gasteiger partial charge in [0.2, 0.25) is 0 Å². The van der Waals surface area contributed by atoms with Crippen LogP contribution >= 0.6 is 11.8 Å².